The lowest BCUT2D eigenvalue weighted by atomic mass is 10.1. The number of nitrogens with zero attached hydrogens (tertiary/aromatic N) is 2. The highest BCUT2D eigenvalue weighted by atomic mass is 16.5. The minimum absolute atomic E-state index is 0.0266. The first-order valence-electron chi connectivity index (χ1n) is 9.58. The zero-order valence-corrected chi connectivity index (χ0v) is 16.6. The smallest absolute Gasteiger partial charge is 0.251 e. The van der Waals surface area contributed by atoms with E-state index in [1.165, 1.54) is 0 Å². The third kappa shape index (κ3) is 4.20. The lowest BCUT2D eigenvalue weighted by Gasteiger charge is -2.10. The zero-order chi connectivity index (χ0) is 20.2. The number of imidazole rings is 1. The number of benzene rings is 2. The Balaban J connectivity index is 1.59. The van der Waals surface area contributed by atoms with Crippen molar-refractivity contribution in [2.24, 2.45) is 0 Å². The molecule has 2 aromatic carbocycles. The molecule has 0 spiro atoms. The van der Waals surface area contributed by atoms with Gasteiger partial charge in [0.15, 0.2) is 0 Å². The number of amides is 1. The summed E-state index contributed by atoms with van der Waals surface area (Å²) >= 11 is 0. The van der Waals surface area contributed by atoms with Gasteiger partial charge in [0.05, 0.1) is 6.61 Å². The van der Waals surface area contributed by atoms with Crippen LogP contribution in [0.25, 0.3) is 16.9 Å². The fraction of sp³-hybridized carbons (Fsp3) is 0.167. The molecule has 0 saturated heterocycles. The second-order valence-electron chi connectivity index (χ2n) is 7.08. The Morgan fingerprint density at radius 1 is 1.03 bits per heavy atom. The van der Waals surface area contributed by atoms with Crippen molar-refractivity contribution in [1.29, 1.82) is 0 Å². The highest BCUT2D eigenvalue weighted by Gasteiger charge is 2.18. The van der Waals surface area contributed by atoms with Crippen LogP contribution < -0.4 is 5.32 Å². The molecular formula is C24H23N3O2. The third-order valence-corrected chi connectivity index (χ3v) is 4.78. The van der Waals surface area contributed by atoms with Crippen LogP contribution >= 0.6 is 0 Å². The minimum atomic E-state index is -0.210. The quantitative estimate of drug-likeness (QED) is 0.520. The molecule has 4 aromatic rings. The topological polar surface area (TPSA) is 55.6 Å². The summed E-state index contributed by atoms with van der Waals surface area (Å²) in [6.07, 6.45) is 1.93. The van der Waals surface area contributed by atoms with E-state index in [1.54, 1.807) is 0 Å². The second-order valence-corrected chi connectivity index (χ2v) is 7.08. The molecule has 0 bridgehead atoms. The fourth-order valence-electron chi connectivity index (χ4n) is 3.30. The first-order chi connectivity index (χ1) is 14.1. The number of nitrogens with one attached hydrogen (secondary N) is 1. The van der Waals surface area contributed by atoms with Crippen LogP contribution in [0.1, 0.15) is 16.7 Å². The number of carbonyl (C=O) groups excluding carboxylic acids is 1. The van der Waals surface area contributed by atoms with Crippen molar-refractivity contribution in [2.45, 2.75) is 20.5 Å². The third-order valence-electron chi connectivity index (χ3n) is 4.78. The molecule has 0 unspecified atom stereocenters. The summed E-state index contributed by atoms with van der Waals surface area (Å²) in [5.74, 6) is 0.445. The van der Waals surface area contributed by atoms with Crippen molar-refractivity contribution in [3.8, 4) is 11.3 Å². The molecule has 1 amide bonds. The van der Waals surface area contributed by atoms with Gasteiger partial charge in [0.1, 0.15) is 23.8 Å². The second kappa shape index (κ2) is 8.29. The van der Waals surface area contributed by atoms with Gasteiger partial charge in [-0.05, 0) is 42.7 Å². The van der Waals surface area contributed by atoms with Gasteiger partial charge >= 0.3 is 0 Å². The molecule has 0 saturated carbocycles. The molecule has 0 aliphatic heterocycles. The number of fused-ring (bicyclic) bond motifs is 1. The highest BCUT2D eigenvalue weighted by Crippen LogP contribution is 2.31. The van der Waals surface area contributed by atoms with Crippen LogP contribution in [0.5, 0.6) is 0 Å². The van der Waals surface area contributed by atoms with Crippen molar-refractivity contribution in [3.63, 3.8) is 0 Å². The SMILES string of the molecule is Cc1ccn2c(NC(=O)COCc3ccccc3)c(-c3ccccc3C)nc2c1. The molecule has 2 aromatic heterocycles. The number of pyridine rings is 1. The molecule has 5 heteroatoms. The maximum atomic E-state index is 12.6. The first kappa shape index (κ1) is 18.9. The normalized spacial score (nSPS) is 11.0. The molecule has 146 valence electrons. The molecule has 29 heavy (non-hydrogen) atoms. The Kier molecular flexibility index (Phi) is 5.40. The van der Waals surface area contributed by atoms with Gasteiger partial charge in [-0.25, -0.2) is 4.98 Å². The van der Waals surface area contributed by atoms with E-state index in [0.29, 0.717) is 12.4 Å². The summed E-state index contributed by atoms with van der Waals surface area (Å²) < 4.78 is 7.50. The average molecular weight is 385 g/mol. The van der Waals surface area contributed by atoms with Gasteiger partial charge in [-0.2, -0.15) is 0 Å². The highest BCUT2D eigenvalue weighted by molar-refractivity contribution is 5.95. The first-order valence-corrected chi connectivity index (χ1v) is 9.58. The molecule has 0 fully saturated rings. The molecule has 0 atom stereocenters. The van der Waals surface area contributed by atoms with Crippen LogP contribution in [-0.2, 0) is 16.1 Å². The number of hydrogen-bond acceptors (Lipinski definition) is 3. The van der Waals surface area contributed by atoms with E-state index in [4.69, 9.17) is 9.72 Å². The summed E-state index contributed by atoms with van der Waals surface area (Å²) in [4.78, 5) is 17.4. The van der Waals surface area contributed by atoms with Crippen LogP contribution in [0.2, 0.25) is 0 Å². The van der Waals surface area contributed by atoms with Crippen LogP contribution in [0.3, 0.4) is 0 Å². The number of hydrogen-bond donors (Lipinski definition) is 1. The van der Waals surface area contributed by atoms with E-state index in [2.05, 4.69) is 5.32 Å². The van der Waals surface area contributed by atoms with Gasteiger partial charge in [-0.1, -0.05) is 54.6 Å². The fourth-order valence-corrected chi connectivity index (χ4v) is 3.30. The molecule has 2 heterocycles. The van der Waals surface area contributed by atoms with E-state index in [-0.39, 0.29) is 12.5 Å². The van der Waals surface area contributed by atoms with Gasteiger partial charge in [0.25, 0.3) is 5.91 Å². The predicted octanol–water partition coefficient (Wildman–Crippen LogP) is 4.77. The van der Waals surface area contributed by atoms with Gasteiger partial charge < -0.3 is 10.1 Å². The van der Waals surface area contributed by atoms with E-state index in [9.17, 15) is 4.79 Å². The Labute approximate surface area is 170 Å². The largest absolute Gasteiger partial charge is 0.367 e. The standard InChI is InChI=1S/C24H23N3O2/c1-17-12-13-27-21(14-17)25-23(20-11-7-6-8-18(20)2)24(27)26-22(28)16-29-15-19-9-4-3-5-10-19/h3-14H,15-16H2,1-2H3,(H,26,28). The Bertz CT molecular complexity index is 1150. The van der Waals surface area contributed by atoms with Gasteiger partial charge in [0, 0.05) is 11.8 Å². The van der Waals surface area contributed by atoms with E-state index in [0.717, 1.165) is 33.6 Å². The Morgan fingerprint density at radius 3 is 2.59 bits per heavy atom. The number of rotatable bonds is 6. The van der Waals surface area contributed by atoms with E-state index in [1.807, 2.05) is 91.2 Å². The van der Waals surface area contributed by atoms with Crippen LogP contribution in [-0.4, -0.2) is 21.9 Å². The number of carbonyl (C=O) groups is 1. The summed E-state index contributed by atoms with van der Waals surface area (Å²) in [6, 6.07) is 21.8. The molecular weight excluding hydrogens is 362 g/mol. The van der Waals surface area contributed by atoms with Gasteiger partial charge in [-0.3, -0.25) is 9.20 Å². The average Bonchev–Trinajstić information content (AvgIpc) is 3.06. The van der Waals surface area contributed by atoms with Crippen molar-refractivity contribution in [3.05, 3.63) is 89.6 Å². The molecule has 0 aliphatic rings. The number of ether oxygens (including phenoxy) is 1. The van der Waals surface area contributed by atoms with Gasteiger partial charge in [-0.15, -0.1) is 0 Å². The monoisotopic (exact) mass is 385 g/mol. The lowest BCUT2D eigenvalue weighted by molar-refractivity contribution is -0.121. The molecule has 5 nitrogen and oxygen atoms in total. The van der Waals surface area contributed by atoms with Crippen LogP contribution in [0.4, 0.5) is 5.82 Å². The maximum absolute atomic E-state index is 12.6. The number of aromatic nitrogens is 2. The summed E-state index contributed by atoms with van der Waals surface area (Å²) in [6.45, 7) is 4.43. The maximum Gasteiger partial charge on any atom is 0.251 e. The van der Waals surface area contributed by atoms with Crippen molar-refractivity contribution >= 4 is 17.4 Å². The molecule has 0 radical (unpaired) electrons. The minimum Gasteiger partial charge on any atom is -0.367 e. The van der Waals surface area contributed by atoms with Crippen LogP contribution in [0, 0.1) is 13.8 Å². The Morgan fingerprint density at radius 2 is 1.79 bits per heavy atom. The number of aryl methyl sites for hydroxylation is 2. The van der Waals surface area contributed by atoms with E-state index >= 15 is 0 Å². The summed E-state index contributed by atoms with van der Waals surface area (Å²) in [5, 5.41) is 3.00. The summed E-state index contributed by atoms with van der Waals surface area (Å²) in [5.41, 5.74) is 5.79. The Hall–Kier alpha value is -3.44. The molecule has 0 aliphatic carbocycles. The predicted molar refractivity (Wildman–Crippen MR) is 115 cm³/mol. The lowest BCUT2D eigenvalue weighted by Crippen LogP contribution is -2.19. The van der Waals surface area contributed by atoms with E-state index < -0.39 is 0 Å². The van der Waals surface area contributed by atoms with Crippen molar-refractivity contribution < 1.29 is 9.53 Å². The summed E-state index contributed by atoms with van der Waals surface area (Å²) in [7, 11) is 0. The van der Waals surface area contributed by atoms with Crippen LogP contribution in [0.15, 0.2) is 72.9 Å². The van der Waals surface area contributed by atoms with Gasteiger partial charge in [0.2, 0.25) is 0 Å². The van der Waals surface area contributed by atoms with Crippen molar-refractivity contribution in [1.82, 2.24) is 9.38 Å². The molecule has 1 N–H and O–H groups in total. The number of anilines is 1. The zero-order valence-electron chi connectivity index (χ0n) is 16.6. The van der Waals surface area contributed by atoms with Crippen molar-refractivity contribution in [2.75, 3.05) is 11.9 Å². The molecule has 4 rings (SSSR count).